The fourth-order valence-corrected chi connectivity index (χ4v) is 2.50. The monoisotopic (exact) mass is 338 g/mol. The van der Waals surface area contributed by atoms with Gasteiger partial charge in [-0.2, -0.15) is 0 Å². The summed E-state index contributed by atoms with van der Waals surface area (Å²) in [4.78, 5) is 8.63. The number of H-pyrrole nitrogens is 1. The number of hydrogen-bond donors (Lipinski definition) is 3. The topological polar surface area (TPSA) is 91.1 Å². The highest BCUT2D eigenvalue weighted by Gasteiger charge is 2.08. The molecule has 7 nitrogen and oxygen atoms in total. The van der Waals surface area contributed by atoms with Crippen LogP contribution in [0.5, 0.6) is 0 Å². The van der Waals surface area contributed by atoms with Gasteiger partial charge in [0.05, 0.1) is 12.8 Å². The Kier molecular flexibility index (Phi) is 5.13. The summed E-state index contributed by atoms with van der Waals surface area (Å²) in [5.41, 5.74) is 3.77. The van der Waals surface area contributed by atoms with Crippen molar-refractivity contribution in [1.82, 2.24) is 25.8 Å². The molecule has 2 aromatic heterocycles. The Hall–Kier alpha value is -3.09. The molecule has 3 N–H and O–H groups in total. The normalized spacial score (nSPS) is 11.6. The Morgan fingerprint density at radius 1 is 1.20 bits per heavy atom. The van der Waals surface area contributed by atoms with Crippen LogP contribution in [0.3, 0.4) is 0 Å². The van der Waals surface area contributed by atoms with Crippen LogP contribution < -0.4 is 10.6 Å². The molecule has 0 spiro atoms. The van der Waals surface area contributed by atoms with Gasteiger partial charge in [-0.3, -0.25) is 10.1 Å². The quantitative estimate of drug-likeness (QED) is 0.491. The van der Waals surface area contributed by atoms with Crippen LogP contribution in [0, 0.1) is 13.8 Å². The van der Waals surface area contributed by atoms with Crippen molar-refractivity contribution in [3.8, 4) is 11.6 Å². The molecular weight excluding hydrogens is 316 g/mol. The second-order valence-corrected chi connectivity index (χ2v) is 5.79. The number of rotatable bonds is 5. The number of aromatic amines is 1. The third-order valence-electron chi connectivity index (χ3n) is 3.86. The Balaban J connectivity index is 1.54. The van der Waals surface area contributed by atoms with Crippen molar-refractivity contribution < 1.29 is 4.42 Å². The Labute approximate surface area is 146 Å². The molecule has 25 heavy (non-hydrogen) atoms. The van der Waals surface area contributed by atoms with Crippen molar-refractivity contribution in [3.05, 3.63) is 59.1 Å². The third-order valence-corrected chi connectivity index (χ3v) is 3.86. The molecule has 0 atom stereocenters. The van der Waals surface area contributed by atoms with Crippen molar-refractivity contribution in [1.29, 1.82) is 0 Å². The van der Waals surface area contributed by atoms with Gasteiger partial charge in [0.15, 0.2) is 11.7 Å². The molecule has 0 fully saturated rings. The summed E-state index contributed by atoms with van der Waals surface area (Å²) in [6, 6.07) is 10.1. The maximum Gasteiger partial charge on any atom is 0.216 e. The Morgan fingerprint density at radius 3 is 2.76 bits per heavy atom. The molecule has 1 aromatic carbocycles. The average Bonchev–Trinajstić information content (AvgIpc) is 3.27. The van der Waals surface area contributed by atoms with Crippen molar-refractivity contribution in [2.45, 2.75) is 26.9 Å². The maximum absolute atomic E-state index is 5.29. The number of guanidine groups is 1. The van der Waals surface area contributed by atoms with Crippen LogP contribution in [-0.2, 0) is 13.1 Å². The first-order valence-corrected chi connectivity index (χ1v) is 8.11. The van der Waals surface area contributed by atoms with Gasteiger partial charge in [0.25, 0.3) is 0 Å². The zero-order valence-electron chi connectivity index (χ0n) is 14.6. The molecule has 0 aliphatic rings. The van der Waals surface area contributed by atoms with Gasteiger partial charge in [-0.15, -0.1) is 5.10 Å². The van der Waals surface area contributed by atoms with Gasteiger partial charge in [-0.25, -0.2) is 4.98 Å². The molecule has 3 rings (SSSR count). The van der Waals surface area contributed by atoms with E-state index >= 15 is 0 Å². The van der Waals surface area contributed by atoms with Gasteiger partial charge >= 0.3 is 0 Å². The Bertz CT molecular complexity index is 850. The summed E-state index contributed by atoms with van der Waals surface area (Å²) in [5.74, 6) is 2.59. The minimum atomic E-state index is 0.486. The first-order valence-electron chi connectivity index (χ1n) is 8.11. The largest absolute Gasteiger partial charge is 0.461 e. The number of aliphatic imine (C=N–C) groups is 1. The van der Waals surface area contributed by atoms with Crippen molar-refractivity contribution in [2.24, 2.45) is 4.99 Å². The minimum Gasteiger partial charge on any atom is -0.461 e. The van der Waals surface area contributed by atoms with Gasteiger partial charge in [0, 0.05) is 13.6 Å². The van der Waals surface area contributed by atoms with Crippen LogP contribution in [-0.4, -0.2) is 28.2 Å². The molecule has 0 aliphatic carbocycles. The molecule has 0 saturated carbocycles. The van der Waals surface area contributed by atoms with Crippen LogP contribution in [0.15, 0.2) is 46.0 Å². The van der Waals surface area contributed by atoms with Gasteiger partial charge in [0.2, 0.25) is 5.82 Å². The molecule has 0 radical (unpaired) electrons. The van der Waals surface area contributed by atoms with E-state index in [1.165, 1.54) is 16.7 Å². The number of nitrogens with one attached hydrogen (secondary N) is 3. The van der Waals surface area contributed by atoms with Crippen molar-refractivity contribution >= 4 is 5.96 Å². The lowest BCUT2D eigenvalue weighted by Crippen LogP contribution is -2.36. The fraction of sp³-hybridized carbons (Fsp3) is 0.278. The summed E-state index contributed by atoms with van der Waals surface area (Å²) in [7, 11) is 1.74. The second kappa shape index (κ2) is 7.65. The summed E-state index contributed by atoms with van der Waals surface area (Å²) in [5, 5.41) is 13.6. The van der Waals surface area contributed by atoms with E-state index in [9.17, 15) is 0 Å². The highest BCUT2D eigenvalue weighted by Crippen LogP contribution is 2.14. The van der Waals surface area contributed by atoms with Crippen molar-refractivity contribution in [2.75, 3.05) is 7.05 Å². The summed E-state index contributed by atoms with van der Waals surface area (Å²) >= 11 is 0. The molecule has 7 heteroatoms. The standard InChI is InChI=1S/C18H22N6O/c1-12-6-7-14(13(2)9-12)10-20-18(19-3)21-11-16-22-17(24-23-16)15-5-4-8-25-15/h4-9H,10-11H2,1-3H3,(H2,19,20,21)(H,22,23,24). The van der Waals surface area contributed by atoms with Gasteiger partial charge < -0.3 is 15.1 Å². The zero-order valence-corrected chi connectivity index (χ0v) is 14.6. The van der Waals surface area contributed by atoms with Gasteiger partial charge in [-0.1, -0.05) is 23.8 Å². The number of aryl methyl sites for hydroxylation is 2. The smallest absolute Gasteiger partial charge is 0.216 e. The molecule has 0 bridgehead atoms. The first-order chi connectivity index (χ1) is 12.2. The molecule has 0 amide bonds. The predicted octanol–water partition coefficient (Wildman–Crippen LogP) is 2.55. The van der Waals surface area contributed by atoms with E-state index in [0.29, 0.717) is 36.5 Å². The number of aromatic nitrogens is 3. The zero-order chi connectivity index (χ0) is 17.6. The lowest BCUT2D eigenvalue weighted by Gasteiger charge is -2.12. The van der Waals surface area contributed by atoms with E-state index in [0.717, 1.165) is 0 Å². The lowest BCUT2D eigenvalue weighted by molar-refractivity contribution is 0.577. The molecule has 0 saturated heterocycles. The molecule has 3 aromatic rings. The molecule has 0 unspecified atom stereocenters. The van der Waals surface area contributed by atoms with E-state index in [1.807, 2.05) is 12.1 Å². The summed E-state index contributed by atoms with van der Waals surface area (Å²) in [6.45, 7) is 5.41. The first kappa shape index (κ1) is 16.8. The number of furan rings is 1. The number of nitrogens with zero attached hydrogens (tertiary/aromatic N) is 3. The maximum atomic E-state index is 5.29. The van der Waals surface area contributed by atoms with Crippen LogP contribution >= 0.6 is 0 Å². The highest BCUT2D eigenvalue weighted by molar-refractivity contribution is 5.79. The summed E-state index contributed by atoms with van der Waals surface area (Å²) < 4.78 is 5.29. The van der Waals surface area contributed by atoms with Crippen LogP contribution in [0.1, 0.15) is 22.5 Å². The van der Waals surface area contributed by atoms with E-state index in [4.69, 9.17) is 4.42 Å². The lowest BCUT2D eigenvalue weighted by atomic mass is 10.1. The fourth-order valence-electron chi connectivity index (χ4n) is 2.50. The van der Waals surface area contributed by atoms with Gasteiger partial charge in [-0.05, 0) is 37.1 Å². The van der Waals surface area contributed by atoms with E-state index in [-0.39, 0.29) is 0 Å². The van der Waals surface area contributed by atoms with E-state index in [1.54, 1.807) is 13.3 Å². The van der Waals surface area contributed by atoms with Crippen LogP contribution in [0.2, 0.25) is 0 Å². The van der Waals surface area contributed by atoms with E-state index in [2.05, 4.69) is 62.9 Å². The molecule has 0 aliphatic heterocycles. The Morgan fingerprint density at radius 2 is 2.04 bits per heavy atom. The van der Waals surface area contributed by atoms with Crippen LogP contribution in [0.25, 0.3) is 11.6 Å². The highest BCUT2D eigenvalue weighted by atomic mass is 16.3. The molecule has 2 heterocycles. The second-order valence-electron chi connectivity index (χ2n) is 5.79. The van der Waals surface area contributed by atoms with Crippen LogP contribution in [0.4, 0.5) is 0 Å². The number of benzene rings is 1. The van der Waals surface area contributed by atoms with E-state index < -0.39 is 0 Å². The number of hydrogen-bond acceptors (Lipinski definition) is 4. The minimum absolute atomic E-state index is 0.486. The van der Waals surface area contributed by atoms with Crippen molar-refractivity contribution in [3.63, 3.8) is 0 Å². The van der Waals surface area contributed by atoms with Gasteiger partial charge in [0.1, 0.15) is 5.82 Å². The average molecular weight is 338 g/mol. The predicted molar refractivity (Wildman–Crippen MR) is 97.0 cm³/mol. The summed E-state index contributed by atoms with van der Waals surface area (Å²) in [6.07, 6.45) is 1.60. The third kappa shape index (κ3) is 4.26. The molecule has 130 valence electrons. The SMILES string of the molecule is CN=C(NCc1nc(-c2ccco2)n[nH]1)NCc1ccc(C)cc1C. The molecular formula is C18H22N6O.